The maximum absolute atomic E-state index is 13.8. The predicted molar refractivity (Wildman–Crippen MR) is 130 cm³/mol. The molecule has 0 saturated heterocycles. The highest BCUT2D eigenvalue weighted by Crippen LogP contribution is 2.51. The van der Waals surface area contributed by atoms with Crippen LogP contribution in [0, 0.1) is 23.7 Å². The third kappa shape index (κ3) is 3.75. The van der Waals surface area contributed by atoms with Crippen molar-refractivity contribution in [3.05, 3.63) is 28.8 Å². The smallest absolute Gasteiger partial charge is 0.235 e. The van der Waals surface area contributed by atoms with Crippen LogP contribution in [0.1, 0.15) is 34.3 Å². The number of aliphatic hydroxyl groups is 1. The number of fused-ring (bicyclic) bond motifs is 3. The fraction of sp³-hybridized carbons (Fsp3) is 0.500. The molecule has 4 N–H and O–H groups in total. The molecule has 5 atom stereocenters. The van der Waals surface area contributed by atoms with Gasteiger partial charge in [0, 0.05) is 44.2 Å². The largest absolute Gasteiger partial charge is 0.507 e. The molecular weight excluding hydrogens is 466 g/mol. The standard InChI is InChI=1S/C26H31N3O7/c1-28(2)7-5-6-12-10-16(29(3)4)15-9-13-8-14-11-17(30)20(25(27)35)24(34)26(14,36)23(33)18(13)22(32)19(15)21(12)31/h5-6,10,13-14,18,20,31,36H,7-9,11H2,1-4H3,(H2,27,35)/b6-5+/t13-,14+,18?,20?,26+/m1/s1. The highest BCUT2D eigenvalue weighted by Gasteiger charge is 2.66. The molecule has 3 aliphatic carbocycles. The molecule has 2 unspecified atom stereocenters. The molecule has 10 heteroatoms. The molecule has 192 valence electrons. The first-order valence-corrected chi connectivity index (χ1v) is 11.8. The lowest BCUT2D eigenvalue weighted by molar-refractivity contribution is -0.175. The number of likely N-dealkylation sites (N-methyl/N-ethyl adjacent to an activating group) is 1. The van der Waals surface area contributed by atoms with Gasteiger partial charge in [0.1, 0.15) is 5.75 Å². The average Bonchev–Trinajstić information content (AvgIpc) is 2.77. The van der Waals surface area contributed by atoms with Crippen molar-refractivity contribution in [1.82, 2.24) is 4.90 Å². The van der Waals surface area contributed by atoms with E-state index < -0.39 is 58.3 Å². The van der Waals surface area contributed by atoms with Crippen LogP contribution < -0.4 is 10.6 Å². The molecule has 2 saturated carbocycles. The molecule has 0 aromatic heterocycles. The zero-order valence-corrected chi connectivity index (χ0v) is 20.8. The van der Waals surface area contributed by atoms with Crippen LogP contribution in [0.2, 0.25) is 0 Å². The van der Waals surface area contributed by atoms with E-state index in [0.717, 1.165) is 0 Å². The Morgan fingerprint density at radius 3 is 2.39 bits per heavy atom. The van der Waals surface area contributed by atoms with Crippen LogP contribution in [0.15, 0.2) is 12.1 Å². The quantitative estimate of drug-likeness (QED) is 0.475. The third-order valence-electron chi connectivity index (χ3n) is 7.66. The minimum Gasteiger partial charge on any atom is -0.507 e. The summed E-state index contributed by atoms with van der Waals surface area (Å²) in [6.45, 7) is 0.598. The van der Waals surface area contributed by atoms with Crippen LogP contribution in [0.3, 0.4) is 0 Å². The van der Waals surface area contributed by atoms with E-state index in [1.54, 1.807) is 12.1 Å². The number of nitrogens with zero attached hydrogens (tertiary/aromatic N) is 2. The molecule has 0 spiro atoms. The molecule has 1 amide bonds. The molecular formula is C26H31N3O7. The second-order valence-electron chi connectivity index (χ2n) is 10.5. The van der Waals surface area contributed by atoms with E-state index in [-0.39, 0.29) is 30.6 Å². The number of phenolic OH excluding ortho intramolecular Hbond substituents is 1. The number of carbonyl (C=O) groups is 5. The van der Waals surface area contributed by atoms with Gasteiger partial charge in [0.2, 0.25) is 5.91 Å². The van der Waals surface area contributed by atoms with Crippen LogP contribution in [0.5, 0.6) is 5.75 Å². The Hall–Kier alpha value is -3.37. The minimum absolute atomic E-state index is 0.00635. The Balaban J connectivity index is 1.82. The normalized spacial score (nSPS) is 29.8. The predicted octanol–water partition coefficient (Wildman–Crippen LogP) is -0.0323. The third-order valence-corrected chi connectivity index (χ3v) is 7.66. The van der Waals surface area contributed by atoms with Crippen LogP contribution >= 0.6 is 0 Å². The van der Waals surface area contributed by atoms with Crippen LogP contribution in [0.25, 0.3) is 6.08 Å². The van der Waals surface area contributed by atoms with Gasteiger partial charge in [-0.2, -0.15) is 0 Å². The average molecular weight is 498 g/mol. The number of aromatic hydroxyl groups is 1. The summed E-state index contributed by atoms with van der Waals surface area (Å²) in [5.74, 6) is -10.1. The van der Waals surface area contributed by atoms with Crippen molar-refractivity contribution < 1.29 is 34.2 Å². The molecule has 1 aromatic rings. The van der Waals surface area contributed by atoms with Crippen molar-refractivity contribution in [2.24, 2.45) is 29.4 Å². The number of hydrogen-bond donors (Lipinski definition) is 3. The number of Topliss-reactive ketones (excluding diaryl/α,β-unsaturated/α-hetero) is 4. The van der Waals surface area contributed by atoms with Gasteiger partial charge < -0.3 is 25.7 Å². The summed E-state index contributed by atoms with van der Waals surface area (Å²) in [7, 11) is 7.40. The molecule has 3 aliphatic rings. The van der Waals surface area contributed by atoms with Gasteiger partial charge in [0.15, 0.2) is 34.7 Å². The number of carbonyl (C=O) groups excluding carboxylic acids is 5. The van der Waals surface area contributed by atoms with E-state index in [4.69, 9.17) is 5.73 Å². The van der Waals surface area contributed by atoms with Crippen molar-refractivity contribution in [2.45, 2.75) is 24.9 Å². The molecule has 0 aliphatic heterocycles. The van der Waals surface area contributed by atoms with Crippen molar-refractivity contribution in [3.63, 3.8) is 0 Å². The molecule has 2 fully saturated rings. The number of hydrogen-bond acceptors (Lipinski definition) is 9. The maximum atomic E-state index is 13.8. The van der Waals surface area contributed by atoms with Crippen molar-refractivity contribution in [3.8, 4) is 5.75 Å². The SMILES string of the molecule is CN(C)C/C=C/c1cc(N(C)C)c2c(c1O)C(=O)C1C(=O)[C@]3(O)C(=O)C(C(N)=O)C(=O)C[C@@H]3C[C@@H]1C2. The number of primary amides is 1. The van der Waals surface area contributed by atoms with Gasteiger partial charge in [0.25, 0.3) is 0 Å². The molecule has 36 heavy (non-hydrogen) atoms. The van der Waals surface area contributed by atoms with Gasteiger partial charge in [0.05, 0.1) is 11.5 Å². The van der Waals surface area contributed by atoms with Gasteiger partial charge in [-0.25, -0.2) is 0 Å². The molecule has 0 radical (unpaired) electrons. The highest BCUT2D eigenvalue weighted by molar-refractivity contribution is 6.31. The van der Waals surface area contributed by atoms with Crippen LogP contribution in [-0.2, 0) is 25.6 Å². The number of rotatable bonds is 5. The molecule has 0 heterocycles. The summed E-state index contributed by atoms with van der Waals surface area (Å²) in [6, 6.07) is 1.78. The zero-order valence-electron chi connectivity index (χ0n) is 20.8. The first-order valence-electron chi connectivity index (χ1n) is 11.8. The number of anilines is 1. The first kappa shape index (κ1) is 25.7. The minimum atomic E-state index is -2.65. The Kier molecular flexibility index (Phi) is 6.38. The number of ketones is 4. The monoisotopic (exact) mass is 497 g/mol. The van der Waals surface area contributed by atoms with Gasteiger partial charge in [-0.3, -0.25) is 24.0 Å². The van der Waals surface area contributed by atoms with Crippen LogP contribution in [0.4, 0.5) is 5.69 Å². The number of benzene rings is 1. The molecule has 0 bridgehead atoms. The number of nitrogens with two attached hydrogens (primary N) is 1. The van der Waals surface area contributed by atoms with E-state index in [2.05, 4.69) is 0 Å². The van der Waals surface area contributed by atoms with Crippen molar-refractivity contribution in [1.29, 1.82) is 0 Å². The topological polar surface area (TPSA) is 158 Å². The second kappa shape index (κ2) is 8.94. The molecule has 4 rings (SSSR count). The van der Waals surface area contributed by atoms with Gasteiger partial charge in [-0.1, -0.05) is 12.2 Å². The number of phenols is 1. The van der Waals surface area contributed by atoms with Crippen molar-refractivity contribution >= 4 is 40.8 Å². The molecule has 10 nitrogen and oxygen atoms in total. The summed E-state index contributed by atoms with van der Waals surface area (Å²) in [6.07, 6.45) is 3.49. The van der Waals surface area contributed by atoms with E-state index in [9.17, 15) is 34.2 Å². The van der Waals surface area contributed by atoms with Crippen LogP contribution in [-0.4, -0.2) is 84.5 Å². The molecule has 1 aromatic carbocycles. The Morgan fingerprint density at radius 2 is 1.81 bits per heavy atom. The van der Waals surface area contributed by atoms with E-state index in [1.807, 2.05) is 44.1 Å². The Bertz CT molecular complexity index is 1220. The van der Waals surface area contributed by atoms with Gasteiger partial charge in [-0.15, -0.1) is 0 Å². The van der Waals surface area contributed by atoms with E-state index in [1.165, 1.54) is 0 Å². The zero-order chi connectivity index (χ0) is 26.7. The van der Waals surface area contributed by atoms with Gasteiger partial charge in [-0.05, 0) is 44.5 Å². The number of amides is 1. The Labute approximate surface area is 208 Å². The summed E-state index contributed by atoms with van der Waals surface area (Å²) < 4.78 is 0. The van der Waals surface area contributed by atoms with E-state index >= 15 is 0 Å². The van der Waals surface area contributed by atoms with E-state index in [0.29, 0.717) is 23.4 Å². The lowest BCUT2D eigenvalue weighted by Gasteiger charge is -2.48. The summed E-state index contributed by atoms with van der Waals surface area (Å²) in [5, 5.41) is 22.4. The van der Waals surface area contributed by atoms with Crippen molar-refractivity contribution in [2.75, 3.05) is 39.6 Å². The highest BCUT2D eigenvalue weighted by atomic mass is 16.3. The lowest BCUT2D eigenvalue weighted by atomic mass is 9.53. The fourth-order valence-corrected chi connectivity index (χ4v) is 5.95. The summed E-state index contributed by atoms with van der Waals surface area (Å²) >= 11 is 0. The Morgan fingerprint density at radius 1 is 1.14 bits per heavy atom. The summed E-state index contributed by atoms with van der Waals surface area (Å²) in [4.78, 5) is 68.4. The summed E-state index contributed by atoms with van der Waals surface area (Å²) in [5.41, 5.74) is 4.25. The maximum Gasteiger partial charge on any atom is 0.235 e. The fourth-order valence-electron chi connectivity index (χ4n) is 5.95. The first-order chi connectivity index (χ1) is 16.8. The second-order valence-corrected chi connectivity index (χ2v) is 10.5. The van der Waals surface area contributed by atoms with Gasteiger partial charge >= 0.3 is 0 Å². The lowest BCUT2D eigenvalue weighted by Crippen LogP contribution is -2.68.